The second-order valence-electron chi connectivity index (χ2n) is 33.7. The zero-order valence-electron chi connectivity index (χ0n) is 116. The van der Waals surface area contributed by atoms with E-state index < -0.39 is 335 Å². The molecule has 776 valence electrons. The van der Waals surface area contributed by atoms with Crippen LogP contribution in [-0.2, 0) is 18.9 Å². The number of hydrogen-bond donors (Lipinski definition) is 16. The van der Waals surface area contributed by atoms with Gasteiger partial charge in [-0.2, -0.15) is 0 Å². The Morgan fingerprint density at radius 1 is 0.382 bits per heavy atom. The number of rotatable bonds is 40. The van der Waals surface area contributed by atoms with Crippen LogP contribution in [0.25, 0.3) is 44.7 Å². The number of ether oxygens (including phenoxy) is 4. The van der Waals surface area contributed by atoms with E-state index in [1.165, 1.54) is 44.1 Å². The first-order valence-electron chi connectivity index (χ1n) is 64.3. The maximum Gasteiger partial charge on any atom is 0.191 e. The van der Waals surface area contributed by atoms with E-state index in [1.807, 2.05) is 6.92 Å². The Kier molecular flexibility index (Phi) is 21.9. The van der Waals surface area contributed by atoms with Crippen LogP contribution in [-0.4, -0.2) is 334 Å². The summed E-state index contributed by atoms with van der Waals surface area (Å²) in [5.74, 6) is -8.54. The van der Waals surface area contributed by atoms with Gasteiger partial charge in [-0.3, -0.25) is 0 Å². The molecule has 0 bridgehead atoms. The normalized spacial score (nSPS) is 34.1. The lowest BCUT2D eigenvalue weighted by molar-refractivity contribution is -0.0629. The minimum absolute atomic E-state index is 0.00197. The highest BCUT2D eigenvalue weighted by Crippen LogP contribution is 2.50. The lowest BCUT2D eigenvalue weighted by Crippen LogP contribution is -2.33. The molecule has 8 fully saturated rings. The van der Waals surface area contributed by atoms with Crippen molar-refractivity contribution in [1.82, 2.24) is 99.8 Å². The van der Waals surface area contributed by atoms with E-state index in [9.17, 15) is 73.7 Å². The molecule has 8 aromatic heterocycles. The van der Waals surface area contributed by atoms with Gasteiger partial charge in [0.1, 0.15) is 72.1 Å². The number of nitrogens with one attached hydrogen (secondary N) is 4. The number of benzene rings is 4. The largest absolute Gasteiger partial charge is 0.394 e. The number of thioether (sulfide) groups is 4. The number of halogens is 4. The molecule has 20 rings (SSSR count). The van der Waals surface area contributed by atoms with Crippen molar-refractivity contribution < 1.29 is 151 Å². The third-order valence-electron chi connectivity index (χ3n) is 24.1. The van der Waals surface area contributed by atoms with Crippen LogP contribution < -0.4 is 21.3 Å². The second kappa shape index (κ2) is 47.3. The van der Waals surface area contributed by atoms with E-state index in [0.29, 0.717) is 22.7 Å². The van der Waals surface area contributed by atoms with Gasteiger partial charge in [-0.25, -0.2) is 76.2 Å². The predicted molar refractivity (Wildman–Crippen MR) is 530 cm³/mol. The van der Waals surface area contributed by atoms with Crippen molar-refractivity contribution >= 4 is 115 Å². The summed E-state index contributed by atoms with van der Waals surface area (Å²) in [6.07, 6.45) is -30.6. The summed E-state index contributed by atoms with van der Waals surface area (Å²) >= 11 is 2.21. The number of anilines is 4. The molecule has 24 atom stereocenters. The van der Waals surface area contributed by atoms with E-state index in [-0.39, 0.29) is 197 Å². The van der Waals surface area contributed by atoms with E-state index in [1.54, 1.807) is 0 Å². The molecule has 0 amide bonds. The molecule has 40 nitrogen and oxygen atoms in total. The van der Waals surface area contributed by atoms with Gasteiger partial charge in [-0.05, 0) is 147 Å². The molecule has 12 aromatic rings. The lowest BCUT2D eigenvalue weighted by Gasteiger charge is -2.17. The van der Waals surface area contributed by atoms with Crippen LogP contribution in [0.4, 0.5) is 40.8 Å². The molecule has 0 aliphatic heterocycles. The van der Waals surface area contributed by atoms with Crippen molar-refractivity contribution in [2.24, 2.45) is 0 Å². The first-order valence-corrected chi connectivity index (χ1v) is 48.2. The average Bonchev–Trinajstić information content (AvgIpc) is 1.54. The van der Waals surface area contributed by atoms with E-state index in [0.717, 1.165) is 41.2 Å². The molecule has 0 radical (unpaired) electrons. The van der Waals surface area contributed by atoms with Crippen molar-refractivity contribution in [3.05, 3.63) is 140 Å². The molecule has 0 saturated heterocycles. The van der Waals surface area contributed by atoms with E-state index in [4.69, 9.17) is 77.5 Å². The van der Waals surface area contributed by atoms with Gasteiger partial charge >= 0.3 is 0 Å². The van der Waals surface area contributed by atoms with Crippen molar-refractivity contribution in [1.29, 1.82) is 0 Å². The zero-order valence-corrected chi connectivity index (χ0v) is 80.4. The van der Waals surface area contributed by atoms with Crippen molar-refractivity contribution in [3.8, 4) is 0 Å². The molecule has 4 aromatic carbocycles. The smallest absolute Gasteiger partial charge is 0.191 e. The number of nitrogens with zero attached hydrogens (tertiary/aromatic N) is 20. The van der Waals surface area contributed by atoms with Crippen LogP contribution in [0, 0.1) is 51.0 Å². The fourth-order valence-corrected chi connectivity index (χ4v) is 18.5. The average molecular weight is 2110 g/mol. The Morgan fingerprint density at radius 3 is 0.993 bits per heavy atom. The van der Waals surface area contributed by atoms with Gasteiger partial charge in [-0.15, -0.1) is 20.4 Å². The Labute approximate surface area is 898 Å². The first kappa shape index (κ1) is 66.7. The molecule has 8 aliphatic rings. The number of hydrogen-bond acceptors (Lipinski definition) is 40. The van der Waals surface area contributed by atoms with Crippen LogP contribution in [0.2, 0.25) is 0 Å². The molecule has 0 unspecified atom stereocenters. The Morgan fingerprint density at radius 2 is 0.688 bits per heavy atom. The molecule has 144 heavy (non-hydrogen) atoms. The molecule has 48 heteroatoms. The Bertz CT molecular complexity index is 8450. The Hall–Kier alpha value is -9.52. The van der Waals surface area contributed by atoms with Crippen LogP contribution >= 0.6 is 47.0 Å². The van der Waals surface area contributed by atoms with Crippen LogP contribution in [0.1, 0.15) is 250 Å². The highest BCUT2D eigenvalue weighted by Gasteiger charge is 2.51. The number of fused-ring (bicyclic) bond motifs is 4. The quantitative estimate of drug-likeness (QED) is 0.00969. The maximum absolute atomic E-state index is 14.8. The Balaban J connectivity index is 0.000000161. The van der Waals surface area contributed by atoms with Crippen LogP contribution in [0.5, 0.6) is 0 Å². The van der Waals surface area contributed by atoms with Gasteiger partial charge < -0.3 is 101 Å². The topological polar surface area (TPSA) is 554 Å². The molecule has 8 heterocycles. The van der Waals surface area contributed by atoms with Crippen molar-refractivity contribution in [2.75, 3.05) is 96.8 Å². The van der Waals surface area contributed by atoms with Crippen molar-refractivity contribution in [3.63, 3.8) is 0 Å². The van der Waals surface area contributed by atoms with Gasteiger partial charge in [-0.1, -0.05) is 144 Å². The summed E-state index contributed by atoms with van der Waals surface area (Å²) in [5.41, 5.74) is -10.2. The fourth-order valence-electron chi connectivity index (χ4n) is 16.4. The summed E-state index contributed by atoms with van der Waals surface area (Å²) in [5, 5.41) is 166. The van der Waals surface area contributed by atoms with Gasteiger partial charge in [0.2, 0.25) is 0 Å². The summed E-state index contributed by atoms with van der Waals surface area (Å²) in [6, 6.07) is -15.9. The highest BCUT2D eigenvalue weighted by atomic mass is 32.2. The second-order valence-corrected chi connectivity index (χ2v) is 37.1. The maximum atomic E-state index is 14.8. The van der Waals surface area contributed by atoms with Crippen molar-refractivity contribution in [2.45, 2.75) is 298 Å². The van der Waals surface area contributed by atoms with Crippen LogP contribution in [0.15, 0.2) is 93.1 Å². The fraction of sp³-hybridized carbons (Fsp3) is 0.583. The number of aliphatic hydroxyl groups is 12. The number of aliphatic hydroxyl groups excluding tert-OH is 10. The molecule has 0 spiro atoms. The minimum Gasteiger partial charge on any atom is -0.394 e. The number of aromatic nitrogens is 20. The van der Waals surface area contributed by atoms with Gasteiger partial charge in [0.25, 0.3) is 0 Å². The van der Waals surface area contributed by atoms with Crippen LogP contribution in [0.3, 0.4) is 0 Å². The molecule has 8 saturated carbocycles. The molecule has 16 N–H and O–H groups in total. The van der Waals surface area contributed by atoms with Gasteiger partial charge in [0, 0.05) is 121 Å². The highest BCUT2D eigenvalue weighted by molar-refractivity contribution is 7.99. The van der Waals surface area contributed by atoms with E-state index >= 15 is 0 Å². The predicted octanol–water partition coefficient (Wildman–Crippen LogP) is 8.73. The summed E-state index contributed by atoms with van der Waals surface area (Å²) < 4.78 is 400. The molecular formula is C96H124F4N24O16S4. The summed E-state index contributed by atoms with van der Waals surface area (Å²) in [6.45, 7) is -4.06. The SMILES string of the molecule is [2H]c1c([2H])c([C@@H]2C[C@@]2([2H])Nc2nc(SCCC)nc3c2nnn3[C@@H]2C[C@H](OCCO)[C@@H](O)[C@H]2O)c([2H])c(F)c1C.[2H]c1c([2H])c([C@H]2[C@H](Nc3nc(SC([2H])([2H])C([2H])([2H])C)nc4c3nnn4[C@@H]3C[C@H](OC([2H])([2H])C([2H])([2H])O)[C@@H](O)[C@H]3O)C2([2H])[2H])c([2H])c(F)c1C.[2H]c1c([2H])c([C@H]2[C@H](Nc3nc(SC([2H])([2H])C([2H])([2H])C)nc4c3nnn4[C@@H]3C[C@H](OC([2H])([2H])CO)[C@@H](O)[C@H]3O)C2([2H])[2H])c([2H])c(F)c1C.[2H]c1c([2H])c([C@H]2[C@H](Nc3nc(SC([2H])([2H])C([2H])([2H])C)nc4c3nnn4[C@@H]3C[C@H](OCC([2H])([2H])O)[C@@H](O)[C@H]3O)C2([2H])[2H])c([2H])c(F)c1C. The lowest BCUT2D eigenvalue weighted by atomic mass is 10.1. The standard InChI is InChI=1S/4C24H31FN6O4S/c4*1-3-8-36-24-27-22(26-16-10-14(16)13-5-4-12(2)15(25)9-13)19-23(28-24)31(30-29-19)17-11-18(35-7-6-32)21(34)20(17)33/h4*4-5,9,14,16-18,20-21,32-34H,3,6-8,10-11H2,1-2H3,(H,26,27,28)/t4*14-,16+,17+,18-,20-,21+/m0000/s1/i3D2,4D,5D,6D2,7D2,8D2,9D,10D2;3D2,4D,5D,7D2,8D2,9D,10D2;3D2,4D,5D,6D2,8D2,9D,10D2;4D,5D,9D,16D. The van der Waals surface area contributed by atoms with Gasteiger partial charge in [0.15, 0.2) is 88.6 Å². The monoisotopic (exact) mass is 2110 g/mol. The third kappa shape index (κ3) is 23.8. The molecular weight excluding hydrogens is 1950 g/mol. The minimum atomic E-state index is -3.49. The summed E-state index contributed by atoms with van der Waals surface area (Å²) in [4.78, 5) is 34.7. The first-order chi connectivity index (χ1) is 84.3. The van der Waals surface area contributed by atoms with Gasteiger partial charge in [0.05, 0.1) is 130 Å². The van der Waals surface area contributed by atoms with E-state index in [2.05, 4.69) is 102 Å². The third-order valence-corrected chi connectivity index (χ3v) is 27.1. The zero-order chi connectivity index (χ0) is 136. The summed E-state index contributed by atoms with van der Waals surface area (Å²) in [7, 11) is 0. The molecule has 8 aliphatic carbocycles.